The first kappa shape index (κ1) is 13.7. The van der Waals surface area contributed by atoms with Gasteiger partial charge < -0.3 is 9.47 Å². The van der Waals surface area contributed by atoms with E-state index < -0.39 is 5.79 Å². The first-order valence-corrected chi connectivity index (χ1v) is 7.48. The van der Waals surface area contributed by atoms with Crippen LogP contribution in [0.15, 0.2) is 47.1 Å². The summed E-state index contributed by atoms with van der Waals surface area (Å²) in [4.78, 5) is 4.53. The molecule has 1 aliphatic heterocycles. The molecule has 3 nitrogen and oxygen atoms in total. The fraction of sp³-hybridized carbons (Fsp3) is 0.312. The number of aromatic nitrogens is 1. The number of nitrogens with zero attached hydrogens (tertiary/aromatic N) is 1. The summed E-state index contributed by atoms with van der Waals surface area (Å²) in [7, 11) is 0. The molecule has 1 fully saturated rings. The Hall–Kier alpha value is -1.23. The maximum absolute atomic E-state index is 6.03. The maximum atomic E-state index is 6.03. The smallest absolute Gasteiger partial charge is 0.239 e. The minimum Gasteiger partial charge on any atom is -0.341 e. The largest absolute Gasteiger partial charge is 0.341 e. The van der Waals surface area contributed by atoms with Gasteiger partial charge in [-0.3, -0.25) is 0 Å². The van der Waals surface area contributed by atoms with Crippen LogP contribution in [0.4, 0.5) is 0 Å². The third kappa shape index (κ3) is 2.51. The molecule has 0 saturated carbocycles. The van der Waals surface area contributed by atoms with Gasteiger partial charge in [-0.2, -0.15) is 0 Å². The van der Waals surface area contributed by atoms with Crippen LogP contribution in [0.2, 0.25) is 0 Å². The molecular weight excluding hydrogens is 318 g/mol. The molecule has 0 unspecified atom stereocenters. The molecule has 2 heterocycles. The fourth-order valence-corrected chi connectivity index (χ4v) is 2.70. The number of ether oxygens (including phenoxy) is 2. The van der Waals surface area contributed by atoms with Gasteiger partial charge in [-0.15, -0.1) is 0 Å². The van der Waals surface area contributed by atoms with Crippen molar-refractivity contribution in [2.45, 2.75) is 19.1 Å². The molecule has 4 heteroatoms. The summed E-state index contributed by atoms with van der Waals surface area (Å²) >= 11 is 3.41. The number of hydrogen-bond acceptors (Lipinski definition) is 3. The Balaban J connectivity index is 2.11. The Morgan fingerprint density at radius 3 is 2.40 bits per heavy atom. The molecule has 1 aliphatic rings. The van der Waals surface area contributed by atoms with Crippen molar-refractivity contribution in [1.82, 2.24) is 4.98 Å². The van der Waals surface area contributed by atoms with Gasteiger partial charge in [0.05, 0.1) is 13.2 Å². The monoisotopic (exact) mass is 333 g/mol. The molecule has 20 heavy (non-hydrogen) atoms. The topological polar surface area (TPSA) is 31.4 Å². The molecule has 2 aromatic rings. The van der Waals surface area contributed by atoms with Crippen LogP contribution in [0.1, 0.15) is 23.2 Å². The molecule has 104 valence electrons. The van der Waals surface area contributed by atoms with Gasteiger partial charge in [-0.1, -0.05) is 35.9 Å². The Labute approximate surface area is 127 Å². The summed E-state index contributed by atoms with van der Waals surface area (Å²) in [6, 6.07) is 14.0. The molecule has 1 aromatic carbocycles. The molecule has 3 rings (SSSR count). The summed E-state index contributed by atoms with van der Waals surface area (Å²) in [6.07, 6.45) is 0.904. The molecule has 1 saturated heterocycles. The van der Waals surface area contributed by atoms with Crippen molar-refractivity contribution in [3.8, 4) is 0 Å². The van der Waals surface area contributed by atoms with Crippen LogP contribution in [0.5, 0.6) is 0 Å². The van der Waals surface area contributed by atoms with Gasteiger partial charge in [-0.25, -0.2) is 4.98 Å². The molecule has 0 radical (unpaired) electrons. The lowest BCUT2D eigenvalue weighted by Crippen LogP contribution is -2.39. The van der Waals surface area contributed by atoms with Crippen molar-refractivity contribution < 1.29 is 9.47 Å². The zero-order chi connectivity index (χ0) is 14.0. The quantitative estimate of drug-likeness (QED) is 0.783. The van der Waals surface area contributed by atoms with Crippen molar-refractivity contribution in [3.63, 3.8) is 0 Å². The van der Waals surface area contributed by atoms with Gasteiger partial charge in [0.15, 0.2) is 0 Å². The lowest BCUT2D eigenvalue weighted by molar-refractivity contribution is -0.251. The summed E-state index contributed by atoms with van der Waals surface area (Å²) in [5, 5.41) is 0. The van der Waals surface area contributed by atoms with Gasteiger partial charge >= 0.3 is 0 Å². The Morgan fingerprint density at radius 1 is 1.05 bits per heavy atom. The summed E-state index contributed by atoms with van der Waals surface area (Å²) in [6.45, 7) is 3.40. The second kappa shape index (κ2) is 5.64. The normalized spacial score (nSPS) is 17.9. The minimum absolute atomic E-state index is 0.669. The average molecular weight is 334 g/mol. The van der Waals surface area contributed by atoms with Crippen LogP contribution >= 0.6 is 15.9 Å². The van der Waals surface area contributed by atoms with E-state index in [2.05, 4.69) is 40.0 Å². The van der Waals surface area contributed by atoms with E-state index >= 15 is 0 Å². The van der Waals surface area contributed by atoms with E-state index in [0.29, 0.717) is 13.2 Å². The van der Waals surface area contributed by atoms with E-state index in [1.807, 2.05) is 30.3 Å². The highest BCUT2D eigenvalue weighted by molar-refractivity contribution is 9.10. The van der Waals surface area contributed by atoms with Crippen molar-refractivity contribution >= 4 is 15.9 Å². The molecule has 1 aromatic heterocycles. The van der Waals surface area contributed by atoms with Crippen LogP contribution in [0.25, 0.3) is 0 Å². The number of aryl methyl sites for hydroxylation is 1. The van der Waals surface area contributed by atoms with Crippen molar-refractivity contribution in [2.75, 3.05) is 13.2 Å². The second-order valence-corrected chi connectivity index (χ2v) is 5.69. The van der Waals surface area contributed by atoms with Crippen molar-refractivity contribution in [3.05, 3.63) is 63.9 Å². The number of benzene rings is 1. The van der Waals surface area contributed by atoms with Crippen LogP contribution in [-0.2, 0) is 15.3 Å². The third-order valence-corrected chi connectivity index (χ3v) is 3.82. The van der Waals surface area contributed by atoms with Crippen molar-refractivity contribution in [1.29, 1.82) is 0 Å². The summed E-state index contributed by atoms with van der Waals surface area (Å²) in [5.41, 5.74) is 2.96. The van der Waals surface area contributed by atoms with Crippen LogP contribution < -0.4 is 0 Å². The van der Waals surface area contributed by atoms with E-state index in [1.54, 1.807) is 0 Å². The molecule has 0 amide bonds. The maximum Gasteiger partial charge on any atom is 0.239 e. The fourth-order valence-electron chi connectivity index (χ4n) is 2.36. The molecule has 0 bridgehead atoms. The highest BCUT2D eigenvalue weighted by Gasteiger charge is 2.40. The third-order valence-electron chi connectivity index (χ3n) is 3.38. The molecular formula is C16H16BrNO2. The van der Waals surface area contributed by atoms with Crippen LogP contribution in [0.3, 0.4) is 0 Å². The molecule has 0 aliphatic carbocycles. The standard InChI is InChI=1S/C16H16BrNO2/c1-12-6-8-13(9-7-12)16(19-10-3-11-20-16)14-4-2-5-15(17)18-14/h2,4-9H,3,10-11H2,1H3. The van der Waals surface area contributed by atoms with E-state index in [1.165, 1.54) is 5.56 Å². The molecule has 0 N–H and O–H groups in total. The number of halogens is 1. The zero-order valence-corrected chi connectivity index (χ0v) is 12.9. The minimum atomic E-state index is -0.893. The van der Waals surface area contributed by atoms with Crippen LogP contribution in [0, 0.1) is 6.92 Å². The Morgan fingerprint density at radius 2 is 1.75 bits per heavy atom. The lowest BCUT2D eigenvalue weighted by atomic mass is 9.99. The first-order chi connectivity index (χ1) is 9.71. The Kier molecular flexibility index (Phi) is 3.87. The number of pyridine rings is 1. The SMILES string of the molecule is Cc1ccc(C2(c3cccc(Br)n3)OCCCO2)cc1. The first-order valence-electron chi connectivity index (χ1n) is 6.69. The van der Waals surface area contributed by atoms with E-state index in [9.17, 15) is 0 Å². The van der Waals surface area contributed by atoms with Gasteiger partial charge in [0, 0.05) is 5.56 Å². The van der Waals surface area contributed by atoms with Gasteiger partial charge in [0.1, 0.15) is 10.3 Å². The average Bonchev–Trinajstić information content (AvgIpc) is 2.49. The van der Waals surface area contributed by atoms with E-state index in [0.717, 1.165) is 22.3 Å². The van der Waals surface area contributed by atoms with E-state index in [4.69, 9.17) is 9.47 Å². The lowest BCUT2D eigenvalue weighted by Gasteiger charge is -2.37. The Bertz CT molecular complexity index is 592. The number of rotatable bonds is 2. The molecule has 0 spiro atoms. The highest BCUT2D eigenvalue weighted by atomic mass is 79.9. The predicted molar refractivity (Wildman–Crippen MR) is 80.4 cm³/mol. The number of hydrogen-bond donors (Lipinski definition) is 0. The highest BCUT2D eigenvalue weighted by Crippen LogP contribution is 2.37. The predicted octanol–water partition coefficient (Wildman–Crippen LogP) is 3.79. The van der Waals surface area contributed by atoms with Crippen molar-refractivity contribution in [2.24, 2.45) is 0 Å². The van der Waals surface area contributed by atoms with Gasteiger partial charge in [0.25, 0.3) is 0 Å². The van der Waals surface area contributed by atoms with Crippen LogP contribution in [-0.4, -0.2) is 18.2 Å². The summed E-state index contributed by atoms with van der Waals surface area (Å²) < 4.78 is 12.8. The summed E-state index contributed by atoms with van der Waals surface area (Å²) in [5.74, 6) is -0.893. The molecule has 0 atom stereocenters. The van der Waals surface area contributed by atoms with Gasteiger partial charge in [-0.05, 0) is 41.4 Å². The van der Waals surface area contributed by atoms with Gasteiger partial charge in [0.2, 0.25) is 5.79 Å². The second-order valence-electron chi connectivity index (χ2n) is 4.88. The zero-order valence-electron chi connectivity index (χ0n) is 11.3. The van der Waals surface area contributed by atoms with E-state index in [-0.39, 0.29) is 0 Å².